The topological polar surface area (TPSA) is 105 Å². The van der Waals surface area contributed by atoms with E-state index in [1.165, 1.54) is 14.0 Å². The van der Waals surface area contributed by atoms with Crippen LogP contribution >= 0.6 is 0 Å². The summed E-state index contributed by atoms with van der Waals surface area (Å²) < 4.78 is 5.08. The fraction of sp³-hybridized carbons (Fsp3) is 0.417. The molecule has 0 saturated carbocycles. The van der Waals surface area contributed by atoms with E-state index in [1.54, 1.807) is 18.2 Å². The smallest absolute Gasteiger partial charge is 0.216 e. The number of carbonyl (C=O) groups is 1. The number of ether oxygens (including phenoxy) is 1. The molecule has 1 aromatic rings. The second kappa shape index (κ2) is 6.23. The first-order chi connectivity index (χ1) is 8.45. The lowest BCUT2D eigenvalue weighted by Gasteiger charge is -2.20. The molecule has 6 heteroatoms. The highest BCUT2D eigenvalue weighted by Gasteiger charge is 2.22. The fourth-order valence-corrected chi connectivity index (χ4v) is 1.54. The molecule has 0 aromatic heterocycles. The van der Waals surface area contributed by atoms with Crippen LogP contribution in [0.4, 0.5) is 5.69 Å². The minimum atomic E-state index is -1.16. The number of aliphatic hydroxyl groups is 2. The number of amides is 1. The zero-order valence-corrected chi connectivity index (χ0v) is 10.4. The van der Waals surface area contributed by atoms with Crippen LogP contribution in [0.25, 0.3) is 0 Å². The molecule has 100 valence electrons. The summed E-state index contributed by atoms with van der Waals surface area (Å²) >= 11 is 0. The number of rotatable bonds is 5. The van der Waals surface area contributed by atoms with Crippen LogP contribution in [0.3, 0.4) is 0 Å². The van der Waals surface area contributed by atoms with Crippen LogP contribution < -0.4 is 15.8 Å². The molecule has 0 heterocycles. The molecular weight excluding hydrogens is 236 g/mol. The van der Waals surface area contributed by atoms with Crippen molar-refractivity contribution in [3.05, 3.63) is 23.8 Å². The molecule has 0 aliphatic carbocycles. The molecule has 0 aliphatic rings. The van der Waals surface area contributed by atoms with Crippen molar-refractivity contribution in [2.24, 2.45) is 0 Å². The molecule has 2 unspecified atom stereocenters. The molecular formula is C12H18N2O4. The van der Waals surface area contributed by atoms with Crippen molar-refractivity contribution >= 4 is 11.6 Å². The molecule has 1 amide bonds. The lowest BCUT2D eigenvalue weighted by molar-refractivity contribution is -0.119. The number of benzene rings is 1. The number of nitrogen functional groups attached to an aromatic ring is 1. The number of hydrogen-bond acceptors (Lipinski definition) is 5. The van der Waals surface area contributed by atoms with Crippen molar-refractivity contribution in [2.75, 3.05) is 19.4 Å². The van der Waals surface area contributed by atoms with Gasteiger partial charge in [0.05, 0.1) is 7.11 Å². The fourth-order valence-electron chi connectivity index (χ4n) is 1.54. The molecule has 6 nitrogen and oxygen atoms in total. The molecule has 0 bridgehead atoms. The van der Waals surface area contributed by atoms with Gasteiger partial charge in [0.1, 0.15) is 18.0 Å². The number of nitrogens with one attached hydrogen (secondary N) is 1. The first-order valence-electron chi connectivity index (χ1n) is 5.49. The maximum atomic E-state index is 10.7. The molecule has 0 fully saturated rings. The zero-order valence-electron chi connectivity index (χ0n) is 10.4. The van der Waals surface area contributed by atoms with Crippen molar-refractivity contribution < 1.29 is 19.7 Å². The van der Waals surface area contributed by atoms with Crippen molar-refractivity contribution in [2.45, 2.75) is 19.1 Å². The Morgan fingerprint density at radius 3 is 2.72 bits per heavy atom. The van der Waals surface area contributed by atoms with Crippen LogP contribution in [0.1, 0.15) is 18.6 Å². The van der Waals surface area contributed by atoms with Crippen LogP contribution in [-0.2, 0) is 4.79 Å². The minimum absolute atomic E-state index is 0.0377. The molecule has 0 saturated heterocycles. The number of hydrogen-bond donors (Lipinski definition) is 4. The van der Waals surface area contributed by atoms with E-state index in [0.29, 0.717) is 17.0 Å². The van der Waals surface area contributed by atoms with Crippen LogP contribution in [0.5, 0.6) is 5.75 Å². The van der Waals surface area contributed by atoms with Crippen molar-refractivity contribution in [1.29, 1.82) is 0 Å². The summed E-state index contributed by atoms with van der Waals surface area (Å²) in [5.74, 6) is 0.120. The lowest BCUT2D eigenvalue weighted by Crippen LogP contribution is -2.34. The summed E-state index contributed by atoms with van der Waals surface area (Å²) in [7, 11) is 1.45. The van der Waals surface area contributed by atoms with Crippen molar-refractivity contribution in [3.63, 3.8) is 0 Å². The second-order valence-electron chi connectivity index (χ2n) is 3.95. The van der Waals surface area contributed by atoms with Gasteiger partial charge in [0.2, 0.25) is 5.91 Å². The molecule has 1 rings (SSSR count). The Hall–Kier alpha value is -1.79. The average Bonchev–Trinajstić information content (AvgIpc) is 2.34. The van der Waals surface area contributed by atoms with Gasteiger partial charge in [0.15, 0.2) is 0 Å². The van der Waals surface area contributed by atoms with Gasteiger partial charge < -0.3 is 26.0 Å². The Morgan fingerprint density at radius 1 is 1.50 bits per heavy atom. The first kappa shape index (κ1) is 14.3. The van der Waals surface area contributed by atoms with E-state index in [9.17, 15) is 15.0 Å². The molecule has 0 aliphatic heterocycles. The molecule has 18 heavy (non-hydrogen) atoms. The third-order valence-electron chi connectivity index (χ3n) is 2.50. The number of methoxy groups -OCH3 is 1. The predicted molar refractivity (Wildman–Crippen MR) is 67.1 cm³/mol. The van der Waals surface area contributed by atoms with Gasteiger partial charge in [0.25, 0.3) is 0 Å². The largest absolute Gasteiger partial charge is 0.496 e. The van der Waals surface area contributed by atoms with Gasteiger partial charge in [-0.15, -0.1) is 0 Å². The van der Waals surface area contributed by atoms with Crippen LogP contribution in [0.2, 0.25) is 0 Å². The van der Waals surface area contributed by atoms with Gasteiger partial charge in [-0.1, -0.05) is 6.07 Å². The summed E-state index contributed by atoms with van der Waals surface area (Å²) in [4.78, 5) is 10.7. The highest BCUT2D eigenvalue weighted by Crippen LogP contribution is 2.29. The lowest BCUT2D eigenvalue weighted by atomic mass is 10.0. The van der Waals surface area contributed by atoms with E-state index in [2.05, 4.69) is 5.32 Å². The van der Waals surface area contributed by atoms with Gasteiger partial charge in [0, 0.05) is 30.8 Å². The van der Waals surface area contributed by atoms with E-state index in [4.69, 9.17) is 10.5 Å². The third-order valence-corrected chi connectivity index (χ3v) is 2.50. The zero-order chi connectivity index (χ0) is 13.7. The Kier molecular flexibility index (Phi) is 4.94. The van der Waals surface area contributed by atoms with E-state index in [1.807, 2.05) is 0 Å². The summed E-state index contributed by atoms with van der Waals surface area (Å²) in [6.45, 7) is 1.30. The first-order valence-corrected chi connectivity index (χ1v) is 5.49. The number of nitrogens with two attached hydrogens (primary N) is 1. The molecule has 0 spiro atoms. The van der Waals surface area contributed by atoms with Gasteiger partial charge in [-0.3, -0.25) is 4.79 Å². The van der Waals surface area contributed by atoms with Crippen molar-refractivity contribution in [3.8, 4) is 5.75 Å². The van der Waals surface area contributed by atoms with Crippen molar-refractivity contribution in [1.82, 2.24) is 5.32 Å². The number of carbonyl (C=O) groups excluding carboxylic acids is 1. The highest BCUT2D eigenvalue weighted by molar-refractivity contribution is 5.72. The molecule has 0 radical (unpaired) electrons. The van der Waals surface area contributed by atoms with E-state index in [0.717, 1.165) is 0 Å². The van der Waals surface area contributed by atoms with Crippen LogP contribution in [0, 0.1) is 0 Å². The Balaban J connectivity index is 2.82. The maximum Gasteiger partial charge on any atom is 0.216 e. The number of anilines is 1. The molecule has 5 N–H and O–H groups in total. The normalized spacial score (nSPS) is 13.8. The Labute approximate surface area is 105 Å². The maximum absolute atomic E-state index is 10.7. The summed E-state index contributed by atoms with van der Waals surface area (Å²) in [5, 5.41) is 22.2. The summed E-state index contributed by atoms with van der Waals surface area (Å²) in [5.41, 5.74) is 6.52. The van der Waals surface area contributed by atoms with E-state index >= 15 is 0 Å². The Bertz CT molecular complexity index is 423. The van der Waals surface area contributed by atoms with Crippen LogP contribution in [0.15, 0.2) is 18.2 Å². The average molecular weight is 254 g/mol. The van der Waals surface area contributed by atoms with Gasteiger partial charge in [-0.2, -0.15) is 0 Å². The minimum Gasteiger partial charge on any atom is -0.496 e. The quantitative estimate of drug-likeness (QED) is 0.545. The highest BCUT2D eigenvalue weighted by atomic mass is 16.5. The van der Waals surface area contributed by atoms with E-state index in [-0.39, 0.29) is 12.5 Å². The monoisotopic (exact) mass is 254 g/mol. The van der Waals surface area contributed by atoms with Gasteiger partial charge in [-0.05, 0) is 6.07 Å². The number of aliphatic hydroxyl groups excluding tert-OH is 2. The SMILES string of the molecule is COc1cc(N)ccc1C(O)C(O)CNC(C)=O. The van der Waals surface area contributed by atoms with Gasteiger partial charge >= 0.3 is 0 Å². The summed E-state index contributed by atoms with van der Waals surface area (Å²) in [6.07, 6.45) is -2.28. The standard InChI is InChI=1S/C12H18N2O4/c1-7(15)14-6-10(16)12(17)9-4-3-8(13)5-11(9)18-2/h3-5,10,12,16-17H,6,13H2,1-2H3,(H,14,15). The predicted octanol–water partition coefficient (Wildman–Crippen LogP) is -0.192. The molecule has 2 atom stereocenters. The van der Waals surface area contributed by atoms with Crippen LogP contribution in [-0.4, -0.2) is 35.9 Å². The molecule has 1 aromatic carbocycles. The third kappa shape index (κ3) is 3.61. The van der Waals surface area contributed by atoms with Gasteiger partial charge in [-0.25, -0.2) is 0 Å². The van der Waals surface area contributed by atoms with E-state index < -0.39 is 12.2 Å². The Morgan fingerprint density at radius 2 is 2.17 bits per heavy atom. The second-order valence-corrected chi connectivity index (χ2v) is 3.95. The summed E-state index contributed by atoms with van der Waals surface area (Å²) in [6, 6.07) is 4.74.